The first-order chi connectivity index (χ1) is 14.5. The highest BCUT2D eigenvalue weighted by molar-refractivity contribution is 5.87. The van der Waals surface area contributed by atoms with Crippen molar-refractivity contribution < 1.29 is 19.1 Å². The molecule has 2 amide bonds. The van der Waals surface area contributed by atoms with Crippen molar-refractivity contribution >= 4 is 11.8 Å². The molecule has 6 nitrogen and oxygen atoms in total. The number of amides is 2. The third-order valence-electron chi connectivity index (χ3n) is 5.35. The predicted molar refractivity (Wildman–Crippen MR) is 116 cm³/mol. The zero-order chi connectivity index (χ0) is 21.5. The third-order valence-corrected chi connectivity index (χ3v) is 5.35. The Labute approximate surface area is 178 Å². The maximum Gasteiger partial charge on any atom is 0.242 e. The Morgan fingerprint density at radius 3 is 2.57 bits per heavy atom. The van der Waals surface area contributed by atoms with Crippen LogP contribution in [0.15, 0.2) is 42.5 Å². The van der Waals surface area contributed by atoms with Crippen LogP contribution in [0.1, 0.15) is 37.0 Å². The molecule has 1 heterocycles. The Morgan fingerprint density at radius 2 is 1.83 bits per heavy atom. The number of fused-ring (bicyclic) bond motifs is 1. The number of hydrogen-bond donors (Lipinski definition) is 1. The molecule has 1 N–H and O–H groups in total. The van der Waals surface area contributed by atoms with Gasteiger partial charge in [0.1, 0.15) is 19.3 Å². The van der Waals surface area contributed by atoms with Gasteiger partial charge >= 0.3 is 0 Å². The van der Waals surface area contributed by atoms with E-state index in [1.54, 1.807) is 11.8 Å². The second kappa shape index (κ2) is 10.1. The molecule has 0 saturated heterocycles. The molecule has 30 heavy (non-hydrogen) atoms. The number of benzene rings is 2. The van der Waals surface area contributed by atoms with Crippen LogP contribution in [-0.4, -0.2) is 42.5 Å². The van der Waals surface area contributed by atoms with Crippen LogP contribution < -0.4 is 14.8 Å². The molecule has 0 aliphatic carbocycles. The summed E-state index contributed by atoms with van der Waals surface area (Å²) in [6.45, 7) is 7.70. The SMILES string of the molecule is CCNC(=O)[C@@H](C)N(Cc1ccccc1C)C(=O)CCc1ccc2c(c1)OCCO2. The van der Waals surface area contributed by atoms with E-state index in [2.05, 4.69) is 5.32 Å². The summed E-state index contributed by atoms with van der Waals surface area (Å²) in [5.41, 5.74) is 3.15. The van der Waals surface area contributed by atoms with Gasteiger partial charge in [-0.2, -0.15) is 0 Å². The third kappa shape index (κ3) is 5.32. The highest BCUT2D eigenvalue weighted by Crippen LogP contribution is 2.31. The molecule has 1 aliphatic rings. The van der Waals surface area contributed by atoms with Gasteiger partial charge in [0.25, 0.3) is 0 Å². The standard InChI is InChI=1S/C24H30N2O4/c1-4-25-24(28)18(3)26(16-20-8-6-5-7-17(20)2)23(27)12-10-19-9-11-21-22(15-19)30-14-13-29-21/h5-9,11,15,18H,4,10,12-14,16H2,1-3H3,(H,25,28)/t18-/m1/s1. The largest absolute Gasteiger partial charge is 0.486 e. The average molecular weight is 411 g/mol. The second-order valence-electron chi connectivity index (χ2n) is 7.50. The van der Waals surface area contributed by atoms with Gasteiger partial charge in [-0.3, -0.25) is 9.59 Å². The Bertz CT molecular complexity index is 897. The van der Waals surface area contributed by atoms with Gasteiger partial charge in [-0.05, 0) is 56.0 Å². The van der Waals surface area contributed by atoms with Gasteiger partial charge < -0.3 is 19.7 Å². The van der Waals surface area contributed by atoms with E-state index in [-0.39, 0.29) is 11.8 Å². The molecule has 2 aromatic rings. The number of carbonyl (C=O) groups is 2. The maximum absolute atomic E-state index is 13.2. The summed E-state index contributed by atoms with van der Waals surface area (Å²) in [6, 6.07) is 13.2. The molecule has 6 heteroatoms. The lowest BCUT2D eigenvalue weighted by Crippen LogP contribution is -2.47. The smallest absolute Gasteiger partial charge is 0.242 e. The van der Waals surface area contributed by atoms with Crippen molar-refractivity contribution in [2.24, 2.45) is 0 Å². The van der Waals surface area contributed by atoms with Gasteiger partial charge in [-0.25, -0.2) is 0 Å². The van der Waals surface area contributed by atoms with Crippen molar-refractivity contribution in [3.63, 3.8) is 0 Å². The first-order valence-corrected chi connectivity index (χ1v) is 10.5. The van der Waals surface area contributed by atoms with Crippen molar-refractivity contribution in [3.8, 4) is 11.5 Å². The van der Waals surface area contributed by atoms with Crippen LogP contribution in [0.25, 0.3) is 0 Å². The number of likely N-dealkylation sites (N-methyl/N-ethyl adjacent to an activating group) is 1. The van der Waals surface area contributed by atoms with Gasteiger partial charge in [0.15, 0.2) is 11.5 Å². The Morgan fingerprint density at radius 1 is 1.10 bits per heavy atom. The molecule has 160 valence electrons. The highest BCUT2D eigenvalue weighted by atomic mass is 16.6. The summed E-state index contributed by atoms with van der Waals surface area (Å²) >= 11 is 0. The molecule has 0 unspecified atom stereocenters. The lowest BCUT2D eigenvalue weighted by atomic mass is 10.0. The number of rotatable bonds is 8. The fourth-order valence-corrected chi connectivity index (χ4v) is 3.51. The molecular formula is C24H30N2O4. The summed E-state index contributed by atoms with van der Waals surface area (Å²) in [7, 11) is 0. The topological polar surface area (TPSA) is 67.9 Å². The zero-order valence-corrected chi connectivity index (χ0v) is 17.9. The van der Waals surface area contributed by atoms with Crippen molar-refractivity contribution in [1.29, 1.82) is 0 Å². The van der Waals surface area contributed by atoms with Gasteiger partial charge in [0, 0.05) is 19.5 Å². The molecule has 0 aromatic heterocycles. The minimum absolute atomic E-state index is 0.0492. The van der Waals surface area contributed by atoms with Crippen LogP contribution in [0, 0.1) is 6.92 Å². The summed E-state index contributed by atoms with van der Waals surface area (Å²) in [5, 5.41) is 2.83. The second-order valence-corrected chi connectivity index (χ2v) is 7.50. The van der Waals surface area contributed by atoms with Crippen molar-refractivity contribution in [1.82, 2.24) is 10.2 Å². The minimum atomic E-state index is -0.544. The normalized spacial score (nSPS) is 13.4. The fourth-order valence-electron chi connectivity index (χ4n) is 3.51. The van der Waals surface area contributed by atoms with Crippen LogP contribution in [0.5, 0.6) is 11.5 Å². The summed E-state index contributed by atoms with van der Waals surface area (Å²) in [6.07, 6.45) is 0.886. The molecule has 0 bridgehead atoms. The predicted octanol–water partition coefficient (Wildman–Crippen LogP) is 3.25. The minimum Gasteiger partial charge on any atom is -0.486 e. The Balaban J connectivity index is 1.72. The Kier molecular flexibility index (Phi) is 7.33. The molecule has 1 aliphatic heterocycles. The molecule has 3 rings (SSSR count). The quantitative estimate of drug-likeness (QED) is 0.725. The van der Waals surface area contributed by atoms with E-state index in [4.69, 9.17) is 9.47 Å². The van der Waals surface area contributed by atoms with E-state index in [9.17, 15) is 9.59 Å². The van der Waals surface area contributed by atoms with Crippen molar-refractivity contribution in [2.75, 3.05) is 19.8 Å². The molecular weight excluding hydrogens is 380 g/mol. The molecule has 0 saturated carbocycles. The van der Waals surface area contributed by atoms with E-state index in [1.807, 2.05) is 56.3 Å². The first-order valence-electron chi connectivity index (χ1n) is 10.5. The van der Waals surface area contributed by atoms with Crippen LogP contribution >= 0.6 is 0 Å². The fraction of sp³-hybridized carbons (Fsp3) is 0.417. The first kappa shape index (κ1) is 21.7. The molecule has 0 spiro atoms. The van der Waals surface area contributed by atoms with E-state index in [0.717, 1.165) is 28.2 Å². The number of carbonyl (C=O) groups excluding carboxylic acids is 2. The lowest BCUT2D eigenvalue weighted by molar-refractivity contribution is -0.140. The van der Waals surface area contributed by atoms with Crippen molar-refractivity contribution in [3.05, 3.63) is 59.2 Å². The van der Waals surface area contributed by atoms with Gasteiger partial charge in [-0.1, -0.05) is 30.3 Å². The molecule has 1 atom stereocenters. The van der Waals surface area contributed by atoms with Crippen molar-refractivity contribution in [2.45, 2.75) is 46.2 Å². The van der Waals surface area contributed by atoms with Gasteiger partial charge in [0.2, 0.25) is 11.8 Å². The van der Waals surface area contributed by atoms with Gasteiger partial charge in [-0.15, -0.1) is 0 Å². The van der Waals surface area contributed by atoms with E-state index in [1.165, 1.54) is 0 Å². The van der Waals surface area contributed by atoms with E-state index >= 15 is 0 Å². The van der Waals surface area contributed by atoms with Gasteiger partial charge in [0.05, 0.1) is 0 Å². The molecule has 0 radical (unpaired) electrons. The van der Waals surface area contributed by atoms with Crippen LogP contribution in [-0.2, 0) is 22.6 Å². The maximum atomic E-state index is 13.2. The van der Waals surface area contributed by atoms with E-state index < -0.39 is 6.04 Å². The van der Waals surface area contributed by atoms with E-state index in [0.29, 0.717) is 39.1 Å². The summed E-state index contributed by atoms with van der Waals surface area (Å²) < 4.78 is 11.2. The molecule has 2 aromatic carbocycles. The number of nitrogens with zero attached hydrogens (tertiary/aromatic N) is 1. The van der Waals surface area contributed by atoms with Crippen LogP contribution in [0.4, 0.5) is 0 Å². The highest BCUT2D eigenvalue weighted by Gasteiger charge is 2.26. The lowest BCUT2D eigenvalue weighted by Gasteiger charge is -2.29. The molecule has 0 fully saturated rings. The summed E-state index contributed by atoms with van der Waals surface area (Å²) in [4.78, 5) is 27.3. The average Bonchev–Trinajstić information content (AvgIpc) is 2.76. The number of nitrogens with one attached hydrogen (secondary N) is 1. The number of ether oxygens (including phenoxy) is 2. The number of hydrogen-bond acceptors (Lipinski definition) is 4. The van der Waals surface area contributed by atoms with Crippen LogP contribution in [0.3, 0.4) is 0 Å². The van der Waals surface area contributed by atoms with Crippen LogP contribution in [0.2, 0.25) is 0 Å². The number of aryl methyl sites for hydroxylation is 2. The zero-order valence-electron chi connectivity index (χ0n) is 17.9. The monoisotopic (exact) mass is 410 g/mol. The summed E-state index contributed by atoms with van der Waals surface area (Å²) in [5.74, 6) is 1.27. The Hall–Kier alpha value is -3.02.